The second-order valence-corrected chi connectivity index (χ2v) is 10.1. The highest BCUT2D eigenvalue weighted by Gasteiger charge is 2.27. The van der Waals surface area contributed by atoms with Gasteiger partial charge >= 0.3 is 0 Å². The molecular formula is C15H23FN2O4S2. The Kier molecular flexibility index (Phi) is 5.87. The normalized spacial score (nSPS) is 17.2. The Balaban J connectivity index is 2.18. The summed E-state index contributed by atoms with van der Waals surface area (Å²) in [5.41, 5.74) is -0.0103. The van der Waals surface area contributed by atoms with Gasteiger partial charge < -0.3 is 0 Å². The van der Waals surface area contributed by atoms with E-state index in [0.29, 0.717) is 12.5 Å². The zero-order valence-corrected chi connectivity index (χ0v) is 15.5. The first-order valence-electron chi connectivity index (χ1n) is 7.83. The fraction of sp³-hybridized carbons (Fsp3) is 0.600. The molecule has 0 spiro atoms. The molecule has 1 saturated carbocycles. The number of halogens is 1. The highest BCUT2D eigenvalue weighted by Crippen LogP contribution is 2.27. The molecule has 0 bridgehead atoms. The molecule has 6 nitrogen and oxygen atoms in total. The molecule has 1 aliphatic carbocycles. The monoisotopic (exact) mass is 378 g/mol. The molecule has 0 aliphatic heterocycles. The maximum absolute atomic E-state index is 14.2. The zero-order valence-electron chi connectivity index (χ0n) is 13.8. The molecule has 0 amide bonds. The van der Waals surface area contributed by atoms with Gasteiger partial charge in [0.25, 0.3) is 0 Å². The summed E-state index contributed by atoms with van der Waals surface area (Å²) < 4.78 is 65.0. The minimum atomic E-state index is -3.95. The number of nitrogens with one attached hydrogen (secondary N) is 1. The molecule has 1 aliphatic rings. The van der Waals surface area contributed by atoms with E-state index in [1.165, 1.54) is 23.8 Å². The Morgan fingerprint density at radius 3 is 2.33 bits per heavy atom. The van der Waals surface area contributed by atoms with Gasteiger partial charge in [0, 0.05) is 13.6 Å². The summed E-state index contributed by atoms with van der Waals surface area (Å²) >= 11 is 0. The van der Waals surface area contributed by atoms with Crippen LogP contribution in [0, 0.1) is 11.7 Å². The summed E-state index contributed by atoms with van der Waals surface area (Å²) in [5.74, 6) is -0.674. The molecule has 1 aromatic rings. The van der Waals surface area contributed by atoms with Gasteiger partial charge in [0.15, 0.2) is 0 Å². The molecule has 1 fully saturated rings. The zero-order chi connectivity index (χ0) is 18.0. The summed E-state index contributed by atoms with van der Waals surface area (Å²) in [5, 5.41) is 0. The predicted octanol–water partition coefficient (Wildman–Crippen LogP) is 2.40. The van der Waals surface area contributed by atoms with Crippen LogP contribution < -0.4 is 4.72 Å². The maximum Gasteiger partial charge on any atom is 0.245 e. The summed E-state index contributed by atoms with van der Waals surface area (Å²) in [6, 6.07) is 3.21. The van der Waals surface area contributed by atoms with Crippen molar-refractivity contribution in [2.45, 2.75) is 37.0 Å². The van der Waals surface area contributed by atoms with Crippen LogP contribution in [0.5, 0.6) is 0 Å². The smallest absolute Gasteiger partial charge is 0.245 e. The molecule has 1 aromatic carbocycles. The molecular weight excluding hydrogens is 355 g/mol. The van der Waals surface area contributed by atoms with Crippen molar-refractivity contribution in [1.82, 2.24) is 4.31 Å². The lowest BCUT2D eigenvalue weighted by atomic mass is 9.89. The minimum absolute atomic E-state index is 0.0103. The summed E-state index contributed by atoms with van der Waals surface area (Å²) in [6.07, 6.45) is 6.28. The molecule has 1 N–H and O–H groups in total. The molecule has 0 atom stereocenters. The van der Waals surface area contributed by atoms with Crippen molar-refractivity contribution in [2.75, 3.05) is 24.6 Å². The SMILES string of the molecule is CN(CC1CCCCC1)S(=O)(=O)c1ccc(NS(C)(=O)=O)cc1F. The van der Waals surface area contributed by atoms with Crippen LogP contribution in [0.15, 0.2) is 23.1 Å². The number of hydrogen-bond acceptors (Lipinski definition) is 4. The highest BCUT2D eigenvalue weighted by atomic mass is 32.2. The van der Waals surface area contributed by atoms with E-state index in [9.17, 15) is 21.2 Å². The standard InChI is InChI=1S/C15H23FN2O4S2/c1-18(11-12-6-4-3-5-7-12)24(21,22)15-9-8-13(10-14(15)16)17-23(2,19)20/h8-10,12,17H,3-7,11H2,1-2H3. The topological polar surface area (TPSA) is 83.6 Å². The lowest BCUT2D eigenvalue weighted by Crippen LogP contribution is -2.33. The van der Waals surface area contributed by atoms with Gasteiger partial charge in [-0.2, -0.15) is 0 Å². The highest BCUT2D eigenvalue weighted by molar-refractivity contribution is 7.92. The Labute approximate surface area is 143 Å². The van der Waals surface area contributed by atoms with Crippen LogP contribution >= 0.6 is 0 Å². The Morgan fingerprint density at radius 1 is 1.17 bits per heavy atom. The number of benzene rings is 1. The van der Waals surface area contributed by atoms with Crippen molar-refractivity contribution >= 4 is 25.7 Å². The van der Waals surface area contributed by atoms with Crippen molar-refractivity contribution in [3.05, 3.63) is 24.0 Å². The van der Waals surface area contributed by atoms with Gasteiger partial charge in [0.2, 0.25) is 20.0 Å². The molecule has 0 aromatic heterocycles. The molecule has 24 heavy (non-hydrogen) atoms. The van der Waals surface area contributed by atoms with E-state index in [0.717, 1.165) is 44.1 Å². The van der Waals surface area contributed by atoms with E-state index < -0.39 is 30.8 Å². The molecule has 0 radical (unpaired) electrons. The van der Waals surface area contributed by atoms with Crippen molar-refractivity contribution in [1.29, 1.82) is 0 Å². The largest absolute Gasteiger partial charge is 0.284 e. The molecule has 9 heteroatoms. The average molecular weight is 378 g/mol. The molecule has 0 saturated heterocycles. The van der Waals surface area contributed by atoms with Crippen molar-refractivity contribution in [3.8, 4) is 0 Å². The van der Waals surface area contributed by atoms with Gasteiger partial charge in [-0.3, -0.25) is 4.72 Å². The summed E-state index contributed by atoms with van der Waals surface area (Å²) in [4.78, 5) is -0.445. The van der Waals surface area contributed by atoms with Crippen LogP contribution in [0.25, 0.3) is 0 Å². The van der Waals surface area contributed by atoms with Gasteiger partial charge in [0.05, 0.1) is 11.9 Å². The van der Waals surface area contributed by atoms with E-state index in [1.54, 1.807) is 0 Å². The van der Waals surface area contributed by atoms with Crippen LogP contribution in [0.2, 0.25) is 0 Å². The molecule has 0 unspecified atom stereocenters. The third-order valence-corrected chi connectivity index (χ3v) is 6.63. The van der Waals surface area contributed by atoms with Gasteiger partial charge in [0.1, 0.15) is 10.7 Å². The van der Waals surface area contributed by atoms with Gasteiger partial charge in [-0.1, -0.05) is 19.3 Å². The lowest BCUT2D eigenvalue weighted by Gasteiger charge is -2.26. The van der Waals surface area contributed by atoms with Crippen LogP contribution in [0.4, 0.5) is 10.1 Å². The number of hydrogen-bond donors (Lipinski definition) is 1. The fourth-order valence-corrected chi connectivity index (χ4v) is 4.83. The Morgan fingerprint density at radius 2 is 1.79 bits per heavy atom. The number of rotatable bonds is 6. The number of anilines is 1. The quantitative estimate of drug-likeness (QED) is 0.824. The Bertz CT molecular complexity index is 788. The van der Waals surface area contributed by atoms with E-state index >= 15 is 0 Å². The van der Waals surface area contributed by atoms with Crippen LogP contribution in [-0.2, 0) is 20.0 Å². The second kappa shape index (κ2) is 7.37. The fourth-order valence-electron chi connectivity index (χ4n) is 2.99. The van der Waals surface area contributed by atoms with E-state index in [2.05, 4.69) is 4.72 Å². The first-order chi connectivity index (χ1) is 11.1. The first kappa shape index (κ1) is 19.1. The predicted molar refractivity (Wildman–Crippen MR) is 91.3 cm³/mol. The van der Waals surface area contributed by atoms with Gasteiger partial charge in [-0.15, -0.1) is 0 Å². The third kappa shape index (κ3) is 4.90. The van der Waals surface area contributed by atoms with E-state index in [-0.39, 0.29) is 5.69 Å². The maximum atomic E-state index is 14.2. The second-order valence-electron chi connectivity index (χ2n) is 6.31. The van der Waals surface area contributed by atoms with Crippen LogP contribution in [0.3, 0.4) is 0 Å². The minimum Gasteiger partial charge on any atom is -0.284 e. The van der Waals surface area contributed by atoms with E-state index in [4.69, 9.17) is 0 Å². The first-order valence-corrected chi connectivity index (χ1v) is 11.2. The lowest BCUT2D eigenvalue weighted by molar-refractivity contribution is 0.299. The summed E-state index contributed by atoms with van der Waals surface area (Å²) in [7, 11) is -6.05. The van der Waals surface area contributed by atoms with Crippen molar-refractivity contribution in [3.63, 3.8) is 0 Å². The van der Waals surface area contributed by atoms with Gasteiger partial charge in [-0.05, 0) is 37.0 Å². The molecule has 0 heterocycles. The van der Waals surface area contributed by atoms with Crippen LogP contribution in [0.1, 0.15) is 32.1 Å². The van der Waals surface area contributed by atoms with E-state index in [1.807, 2.05) is 0 Å². The van der Waals surface area contributed by atoms with Crippen molar-refractivity contribution in [2.24, 2.45) is 5.92 Å². The average Bonchev–Trinajstić information content (AvgIpc) is 2.46. The van der Waals surface area contributed by atoms with Crippen molar-refractivity contribution < 1.29 is 21.2 Å². The molecule has 2 rings (SSSR count). The van der Waals surface area contributed by atoms with Gasteiger partial charge in [-0.25, -0.2) is 25.5 Å². The summed E-state index contributed by atoms with van der Waals surface area (Å²) in [6.45, 7) is 0.366. The molecule has 136 valence electrons. The Hall–Kier alpha value is -1.19. The number of nitrogens with zero attached hydrogens (tertiary/aromatic N) is 1. The number of sulfonamides is 2. The van der Waals surface area contributed by atoms with Crippen LogP contribution in [-0.4, -0.2) is 41.0 Å². The third-order valence-electron chi connectivity index (χ3n) is 4.16.